The number of hydrogen-bond acceptors (Lipinski definition) is 3. The second kappa shape index (κ2) is 7.31. The first-order valence-corrected chi connectivity index (χ1v) is 7.41. The number of nitrogens with two attached hydrogens (primary N) is 1. The molecule has 0 aromatic heterocycles. The zero-order valence-corrected chi connectivity index (χ0v) is 13.0. The van der Waals surface area contributed by atoms with Crippen LogP contribution in [0, 0.1) is 0 Å². The highest BCUT2D eigenvalue weighted by atomic mass is 79.9. The Kier molecular flexibility index (Phi) is 5.44. The van der Waals surface area contributed by atoms with Crippen LogP contribution < -0.4 is 15.2 Å². The maximum absolute atomic E-state index is 5.84. The van der Waals surface area contributed by atoms with E-state index >= 15 is 0 Å². The van der Waals surface area contributed by atoms with Crippen molar-refractivity contribution in [2.24, 2.45) is 5.73 Å². The second-order valence-corrected chi connectivity index (χ2v) is 5.16. The van der Waals surface area contributed by atoms with Crippen LogP contribution in [0.5, 0.6) is 17.2 Å². The summed E-state index contributed by atoms with van der Waals surface area (Å²) in [5.74, 6) is 2.41. The van der Waals surface area contributed by atoms with Crippen LogP contribution >= 0.6 is 15.9 Å². The summed E-state index contributed by atoms with van der Waals surface area (Å²) >= 11 is 3.52. The minimum atomic E-state index is 0.644. The lowest BCUT2D eigenvalue weighted by molar-refractivity contribution is 0.339. The van der Waals surface area contributed by atoms with E-state index in [-0.39, 0.29) is 0 Å². The van der Waals surface area contributed by atoms with Crippen LogP contribution in [-0.4, -0.2) is 13.2 Å². The van der Waals surface area contributed by atoms with Crippen molar-refractivity contribution in [3.63, 3.8) is 0 Å². The van der Waals surface area contributed by atoms with E-state index in [1.807, 2.05) is 49.4 Å². The van der Waals surface area contributed by atoms with Crippen LogP contribution in [0.1, 0.15) is 12.5 Å². The predicted molar refractivity (Wildman–Crippen MR) is 84.6 cm³/mol. The number of benzene rings is 2. The summed E-state index contributed by atoms with van der Waals surface area (Å²) in [6.07, 6.45) is 0.863. The van der Waals surface area contributed by atoms with Crippen LogP contribution in [0.3, 0.4) is 0 Å². The zero-order valence-electron chi connectivity index (χ0n) is 11.4. The summed E-state index contributed by atoms with van der Waals surface area (Å²) in [5, 5.41) is 0. The van der Waals surface area contributed by atoms with Crippen LogP contribution in [-0.2, 0) is 6.42 Å². The van der Waals surface area contributed by atoms with Crippen molar-refractivity contribution in [1.82, 2.24) is 0 Å². The van der Waals surface area contributed by atoms with E-state index in [1.165, 1.54) is 5.56 Å². The summed E-state index contributed by atoms with van der Waals surface area (Å²) < 4.78 is 12.2. The molecule has 0 bridgehead atoms. The Hall–Kier alpha value is -1.52. The van der Waals surface area contributed by atoms with E-state index in [2.05, 4.69) is 15.9 Å². The number of halogens is 1. The van der Waals surface area contributed by atoms with Gasteiger partial charge in [0.25, 0.3) is 0 Å². The Balaban J connectivity index is 2.09. The molecule has 20 heavy (non-hydrogen) atoms. The first-order chi connectivity index (χ1) is 9.72. The van der Waals surface area contributed by atoms with Gasteiger partial charge in [-0.3, -0.25) is 0 Å². The van der Waals surface area contributed by atoms with Crippen molar-refractivity contribution in [3.8, 4) is 17.2 Å². The van der Waals surface area contributed by atoms with Gasteiger partial charge in [0.15, 0.2) is 0 Å². The largest absolute Gasteiger partial charge is 0.494 e. The van der Waals surface area contributed by atoms with Crippen LogP contribution in [0.4, 0.5) is 0 Å². The van der Waals surface area contributed by atoms with Crippen LogP contribution in [0.15, 0.2) is 46.9 Å². The molecule has 3 nitrogen and oxygen atoms in total. The normalized spacial score (nSPS) is 10.3. The minimum absolute atomic E-state index is 0.644. The molecular weight excluding hydrogens is 318 g/mol. The van der Waals surface area contributed by atoms with E-state index in [9.17, 15) is 0 Å². The summed E-state index contributed by atoms with van der Waals surface area (Å²) in [5.41, 5.74) is 6.75. The van der Waals surface area contributed by atoms with Crippen LogP contribution in [0.25, 0.3) is 0 Å². The van der Waals surface area contributed by atoms with Crippen molar-refractivity contribution < 1.29 is 9.47 Å². The van der Waals surface area contributed by atoms with Gasteiger partial charge in [-0.25, -0.2) is 0 Å². The topological polar surface area (TPSA) is 44.5 Å². The third kappa shape index (κ3) is 3.99. The highest BCUT2D eigenvalue weighted by Gasteiger charge is 2.04. The molecule has 106 valence electrons. The molecule has 0 heterocycles. The molecule has 2 N–H and O–H groups in total. The Morgan fingerprint density at radius 3 is 2.35 bits per heavy atom. The van der Waals surface area contributed by atoms with Crippen molar-refractivity contribution >= 4 is 15.9 Å². The lowest BCUT2D eigenvalue weighted by atomic mass is 10.1. The molecule has 0 aliphatic carbocycles. The fourth-order valence-corrected chi connectivity index (χ4v) is 2.35. The van der Waals surface area contributed by atoms with Gasteiger partial charge in [-0.2, -0.15) is 0 Å². The van der Waals surface area contributed by atoms with Crippen molar-refractivity contribution in [3.05, 3.63) is 52.5 Å². The molecular formula is C16H18BrNO2. The van der Waals surface area contributed by atoms with E-state index in [0.29, 0.717) is 13.2 Å². The van der Waals surface area contributed by atoms with Gasteiger partial charge in [0.1, 0.15) is 17.2 Å². The van der Waals surface area contributed by atoms with Gasteiger partial charge in [-0.1, -0.05) is 6.07 Å². The molecule has 2 rings (SSSR count). The van der Waals surface area contributed by atoms with Gasteiger partial charge in [-0.15, -0.1) is 0 Å². The fourth-order valence-electron chi connectivity index (χ4n) is 1.85. The van der Waals surface area contributed by atoms with Gasteiger partial charge in [0.2, 0.25) is 0 Å². The van der Waals surface area contributed by atoms with Gasteiger partial charge in [0, 0.05) is 0 Å². The van der Waals surface area contributed by atoms with E-state index in [4.69, 9.17) is 15.2 Å². The molecule has 2 aromatic carbocycles. The highest BCUT2D eigenvalue weighted by molar-refractivity contribution is 9.10. The van der Waals surface area contributed by atoms with Gasteiger partial charge < -0.3 is 15.2 Å². The Labute approximate surface area is 127 Å². The number of rotatable bonds is 6. The monoisotopic (exact) mass is 335 g/mol. The summed E-state index contributed by atoms with van der Waals surface area (Å²) in [7, 11) is 0. The predicted octanol–water partition coefficient (Wildman–Crippen LogP) is 4.14. The molecule has 0 saturated heterocycles. The Morgan fingerprint density at radius 1 is 1.05 bits per heavy atom. The van der Waals surface area contributed by atoms with Crippen LogP contribution in [0.2, 0.25) is 0 Å². The maximum atomic E-state index is 5.84. The number of hydrogen-bond donors (Lipinski definition) is 1. The molecule has 0 aliphatic heterocycles. The molecule has 0 spiro atoms. The van der Waals surface area contributed by atoms with Crippen molar-refractivity contribution in [1.29, 1.82) is 0 Å². The lowest BCUT2D eigenvalue weighted by Crippen LogP contribution is -2.02. The second-order valence-electron chi connectivity index (χ2n) is 4.31. The molecule has 0 radical (unpaired) electrons. The van der Waals surface area contributed by atoms with Gasteiger partial charge in [0.05, 0.1) is 11.1 Å². The molecule has 0 amide bonds. The first-order valence-electron chi connectivity index (χ1n) is 6.62. The molecule has 0 fully saturated rings. The summed E-state index contributed by atoms with van der Waals surface area (Å²) in [6.45, 7) is 3.27. The average Bonchev–Trinajstić information content (AvgIpc) is 2.44. The zero-order chi connectivity index (χ0) is 14.4. The Bertz CT molecular complexity index is 555. The summed E-state index contributed by atoms with van der Waals surface area (Å²) in [6, 6.07) is 13.6. The Morgan fingerprint density at radius 2 is 1.75 bits per heavy atom. The standard InChI is InChI=1S/C16H18BrNO2/c1-2-19-13-4-6-14(7-5-13)20-16-8-3-12(9-10-18)11-15(16)17/h3-8,11H,2,9-10,18H2,1H3. The fraction of sp³-hybridized carbons (Fsp3) is 0.250. The molecule has 0 aliphatic rings. The quantitative estimate of drug-likeness (QED) is 0.862. The highest BCUT2D eigenvalue weighted by Crippen LogP contribution is 2.31. The molecule has 0 saturated carbocycles. The third-order valence-electron chi connectivity index (χ3n) is 2.79. The molecule has 0 unspecified atom stereocenters. The van der Waals surface area contributed by atoms with Crippen molar-refractivity contribution in [2.45, 2.75) is 13.3 Å². The molecule has 0 atom stereocenters. The molecule has 2 aromatic rings. The van der Waals surface area contributed by atoms with Crippen molar-refractivity contribution in [2.75, 3.05) is 13.2 Å². The first kappa shape index (κ1) is 14.9. The SMILES string of the molecule is CCOc1ccc(Oc2ccc(CCN)cc2Br)cc1. The van der Waals surface area contributed by atoms with Gasteiger partial charge >= 0.3 is 0 Å². The molecule has 4 heteroatoms. The van der Waals surface area contributed by atoms with E-state index < -0.39 is 0 Å². The average molecular weight is 336 g/mol. The smallest absolute Gasteiger partial charge is 0.141 e. The van der Waals surface area contributed by atoms with Gasteiger partial charge in [-0.05, 0) is 77.8 Å². The van der Waals surface area contributed by atoms with E-state index in [0.717, 1.165) is 28.1 Å². The van der Waals surface area contributed by atoms with E-state index in [1.54, 1.807) is 0 Å². The minimum Gasteiger partial charge on any atom is -0.494 e. The lowest BCUT2D eigenvalue weighted by Gasteiger charge is -2.10. The third-order valence-corrected chi connectivity index (χ3v) is 3.41. The number of ether oxygens (including phenoxy) is 2. The maximum Gasteiger partial charge on any atom is 0.141 e. The summed E-state index contributed by atoms with van der Waals surface area (Å²) in [4.78, 5) is 0.